The molecule has 0 heterocycles. The highest BCUT2D eigenvalue weighted by Gasteiger charge is 2.22. The summed E-state index contributed by atoms with van der Waals surface area (Å²) in [7, 11) is 0. The maximum atomic E-state index is 12.3. The number of aliphatic hydroxyl groups excluding tert-OH is 1. The molecule has 23 heavy (non-hydrogen) atoms. The molecule has 0 unspecified atom stereocenters. The molecule has 0 aliphatic heterocycles. The van der Waals surface area contributed by atoms with Gasteiger partial charge in [0.25, 0.3) is 0 Å². The highest BCUT2D eigenvalue weighted by atomic mass is 16.3. The van der Waals surface area contributed by atoms with Gasteiger partial charge in [0, 0.05) is 18.3 Å². The van der Waals surface area contributed by atoms with Gasteiger partial charge >= 0.3 is 0 Å². The number of aliphatic hydroxyl groups is 1. The van der Waals surface area contributed by atoms with Gasteiger partial charge in [-0.2, -0.15) is 0 Å². The van der Waals surface area contributed by atoms with E-state index >= 15 is 0 Å². The van der Waals surface area contributed by atoms with Crippen molar-refractivity contribution in [2.75, 3.05) is 25.0 Å². The van der Waals surface area contributed by atoms with Crippen LogP contribution in [0, 0.1) is 0 Å². The molecule has 4 nitrogen and oxygen atoms in total. The van der Waals surface area contributed by atoms with Gasteiger partial charge in [0.2, 0.25) is 5.91 Å². The number of rotatable bonds is 7. The van der Waals surface area contributed by atoms with E-state index in [0.717, 1.165) is 18.5 Å². The monoisotopic (exact) mass is 318 g/mol. The highest BCUT2D eigenvalue weighted by Crippen LogP contribution is 2.22. The predicted molar refractivity (Wildman–Crippen MR) is 94.7 cm³/mol. The van der Waals surface area contributed by atoms with Crippen LogP contribution in [0.25, 0.3) is 0 Å². The summed E-state index contributed by atoms with van der Waals surface area (Å²) in [5.74, 6) is 0.493. The van der Waals surface area contributed by atoms with Gasteiger partial charge in [0.15, 0.2) is 0 Å². The van der Waals surface area contributed by atoms with Crippen molar-refractivity contribution in [2.24, 2.45) is 0 Å². The Morgan fingerprint density at radius 3 is 2.43 bits per heavy atom. The minimum Gasteiger partial charge on any atom is -0.395 e. The lowest BCUT2D eigenvalue weighted by Crippen LogP contribution is -2.43. The molecule has 1 fully saturated rings. The average Bonchev–Trinajstić information content (AvgIpc) is 2.55. The van der Waals surface area contributed by atoms with Crippen LogP contribution in [0.3, 0.4) is 0 Å². The van der Waals surface area contributed by atoms with Crippen LogP contribution < -0.4 is 5.32 Å². The minimum atomic E-state index is 0.00122. The van der Waals surface area contributed by atoms with Gasteiger partial charge in [-0.25, -0.2) is 0 Å². The molecule has 128 valence electrons. The Balaban J connectivity index is 1.90. The lowest BCUT2D eigenvalue weighted by Gasteiger charge is -2.33. The van der Waals surface area contributed by atoms with Crippen LogP contribution in [-0.2, 0) is 4.79 Å². The summed E-state index contributed by atoms with van der Waals surface area (Å²) in [4.78, 5) is 14.5. The molecule has 1 aliphatic carbocycles. The SMILES string of the molecule is CC(C)c1ccc(NC(=O)CN(CCO)C2CCCCC2)cc1. The fourth-order valence-corrected chi connectivity index (χ4v) is 3.30. The molecule has 1 aromatic carbocycles. The Hall–Kier alpha value is -1.39. The molecule has 0 radical (unpaired) electrons. The van der Waals surface area contributed by atoms with E-state index in [1.807, 2.05) is 12.1 Å². The zero-order valence-corrected chi connectivity index (χ0v) is 14.4. The first kappa shape index (κ1) is 18.0. The molecular weight excluding hydrogens is 288 g/mol. The van der Waals surface area contributed by atoms with Gasteiger partial charge in [0.05, 0.1) is 13.2 Å². The van der Waals surface area contributed by atoms with Crippen LogP contribution in [0.1, 0.15) is 57.4 Å². The van der Waals surface area contributed by atoms with E-state index in [0.29, 0.717) is 25.0 Å². The predicted octanol–water partition coefficient (Wildman–Crippen LogP) is 3.38. The molecule has 2 rings (SSSR count). The molecule has 0 spiro atoms. The molecule has 1 amide bonds. The van der Waals surface area contributed by atoms with E-state index in [9.17, 15) is 9.90 Å². The average molecular weight is 318 g/mol. The van der Waals surface area contributed by atoms with E-state index in [-0.39, 0.29) is 12.5 Å². The quantitative estimate of drug-likeness (QED) is 0.810. The van der Waals surface area contributed by atoms with Crippen molar-refractivity contribution in [2.45, 2.75) is 57.9 Å². The smallest absolute Gasteiger partial charge is 0.238 e. The Bertz CT molecular complexity index is 479. The van der Waals surface area contributed by atoms with Gasteiger partial charge in [-0.3, -0.25) is 9.69 Å². The molecule has 1 aliphatic rings. The van der Waals surface area contributed by atoms with Crippen molar-refractivity contribution in [1.82, 2.24) is 4.90 Å². The number of benzene rings is 1. The number of carbonyl (C=O) groups excluding carboxylic acids is 1. The Morgan fingerprint density at radius 2 is 1.87 bits per heavy atom. The van der Waals surface area contributed by atoms with E-state index < -0.39 is 0 Å². The maximum Gasteiger partial charge on any atom is 0.238 e. The number of hydrogen-bond donors (Lipinski definition) is 2. The normalized spacial score (nSPS) is 16.0. The summed E-state index contributed by atoms with van der Waals surface area (Å²) in [6, 6.07) is 8.49. The maximum absolute atomic E-state index is 12.3. The molecule has 0 bridgehead atoms. The van der Waals surface area contributed by atoms with Crippen molar-refractivity contribution in [3.05, 3.63) is 29.8 Å². The summed E-state index contributed by atoms with van der Waals surface area (Å²) in [5.41, 5.74) is 2.11. The van der Waals surface area contributed by atoms with E-state index in [2.05, 4.69) is 36.2 Å². The van der Waals surface area contributed by atoms with Crippen molar-refractivity contribution in [3.63, 3.8) is 0 Å². The van der Waals surface area contributed by atoms with Crippen molar-refractivity contribution in [1.29, 1.82) is 0 Å². The number of nitrogens with one attached hydrogen (secondary N) is 1. The van der Waals surface area contributed by atoms with Gasteiger partial charge in [0.1, 0.15) is 0 Å². The summed E-state index contributed by atoms with van der Waals surface area (Å²) in [6.45, 7) is 5.35. The van der Waals surface area contributed by atoms with E-state index in [1.54, 1.807) is 0 Å². The highest BCUT2D eigenvalue weighted by molar-refractivity contribution is 5.92. The van der Waals surface area contributed by atoms with E-state index in [4.69, 9.17) is 0 Å². The van der Waals surface area contributed by atoms with Crippen molar-refractivity contribution in [3.8, 4) is 0 Å². The number of nitrogens with zero attached hydrogens (tertiary/aromatic N) is 1. The first-order valence-corrected chi connectivity index (χ1v) is 8.85. The molecule has 2 N–H and O–H groups in total. The Labute approximate surface area is 139 Å². The zero-order valence-electron chi connectivity index (χ0n) is 14.4. The van der Waals surface area contributed by atoms with Crippen LogP contribution >= 0.6 is 0 Å². The summed E-state index contributed by atoms with van der Waals surface area (Å²) < 4.78 is 0. The summed E-state index contributed by atoms with van der Waals surface area (Å²) in [6.07, 6.45) is 6.01. The molecule has 1 aromatic rings. The molecule has 1 saturated carbocycles. The standard InChI is InChI=1S/C19H30N2O2/c1-15(2)16-8-10-17(11-9-16)20-19(23)14-21(12-13-22)18-6-4-3-5-7-18/h8-11,15,18,22H,3-7,12-14H2,1-2H3,(H,20,23). The topological polar surface area (TPSA) is 52.6 Å². The third-order valence-corrected chi connectivity index (χ3v) is 4.69. The van der Waals surface area contributed by atoms with E-state index in [1.165, 1.54) is 24.8 Å². The molecule has 0 saturated heterocycles. The number of anilines is 1. The molecular formula is C19H30N2O2. The second kappa shape index (κ2) is 9.04. The molecule has 0 aromatic heterocycles. The van der Waals surface area contributed by atoms with Crippen LogP contribution in [0.15, 0.2) is 24.3 Å². The summed E-state index contributed by atoms with van der Waals surface area (Å²) in [5, 5.41) is 12.3. The summed E-state index contributed by atoms with van der Waals surface area (Å²) >= 11 is 0. The van der Waals surface area contributed by atoms with Crippen LogP contribution in [0.5, 0.6) is 0 Å². The fourth-order valence-electron chi connectivity index (χ4n) is 3.30. The first-order valence-electron chi connectivity index (χ1n) is 8.85. The lowest BCUT2D eigenvalue weighted by atomic mass is 9.94. The van der Waals surface area contributed by atoms with Crippen LogP contribution in [0.4, 0.5) is 5.69 Å². The van der Waals surface area contributed by atoms with Gasteiger partial charge < -0.3 is 10.4 Å². The Morgan fingerprint density at radius 1 is 1.22 bits per heavy atom. The minimum absolute atomic E-state index is 0.00122. The van der Waals surface area contributed by atoms with Gasteiger partial charge in [-0.15, -0.1) is 0 Å². The van der Waals surface area contributed by atoms with Crippen molar-refractivity contribution < 1.29 is 9.90 Å². The molecule has 0 atom stereocenters. The largest absolute Gasteiger partial charge is 0.395 e. The lowest BCUT2D eigenvalue weighted by molar-refractivity contribution is -0.118. The number of amides is 1. The number of carbonyl (C=O) groups is 1. The van der Waals surface area contributed by atoms with Crippen LogP contribution in [-0.4, -0.2) is 41.7 Å². The third-order valence-electron chi connectivity index (χ3n) is 4.69. The van der Waals surface area contributed by atoms with Crippen LogP contribution in [0.2, 0.25) is 0 Å². The molecule has 4 heteroatoms. The second-order valence-corrected chi connectivity index (χ2v) is 6.81. The third kappa shape index (κ3) is 5.63. The Kier molecular flexibility index (Phi) is 7.06. The first-order chi connectivity index (χ1) is 11.1. The van der Waals surface area contributed by atoms with Gasteiger partial charge in [-0.1, -0.05) is 45.2 Å². The van der Waals surface area contributed by atoms with Gasteiger partial charge in [-0.05, 0) is 36.5 Å². The van der Waals surface area contributed by atoms with Crippen molar-refractivity contribution >= 4 is 11.6 Å². The zero-order chi connectivity index (χ0) is 16.7. The second-order valence-electron chi connectivity index (χ2n) is 6.81. The fraction of sp³-hybridized carbons (Fsp3) is 0.632. The number of hydrogen-bond acceptors (Lipinski definition) is 3.